The number of benzene rings is 1. The molecule has 0 aliphatic heterocycles. The number of hydrogen-bond donors (Lipinski definition) is 2. The van der Waals surface area contributed by atoms with Crippen molar-refractivity contribution in [2.45, 2.75) is 26.2 Å². The number of hydrogen-bond acceptors (Lipinski definition) is 7. The van der Waals surface area contributed by atoms with Gasteiger partial charge in [0.25, 0.3) is 5.91 Å². The number of carbonyl (C=O) groups excluding carboxylic acids is 1. The van der Waals surface area contributed by atoms with Crippen LogP contribution in [0.5, 0.6) is 5.75 Å². The Kier molecular flexibility index (Phi) is 6.66. The molecule has 4 rings (SSSR count). The molecule has 4 aromatic rings. The van der Waals surface area contributed by atoms with Crippen LogP contribution in [0.1, 0.15) is 39.5 Å². The summed E-state index contributed by atoms with van der Waals surface area (Å²) in [5, 5.41) is 10.0. The number of imidazole rings is 1. The predicted octanol–water partition coefficient (Wildman–Crippen LogP) is 3.90. The van der Waals surface area contributed by atoms with Gasteiger partial charge in [-0.15, -0.1) is 11.3 Å². The summed E-state index contributed by atoms with van der Waals surface area (Å²) in [6.07, 6.45) is 4.57. The van der Waals surface area contributed by atoms with Crippen molar-refractivity contribution in [3.8, 4) is 16.3 Å². The molecule has 10 heteroatoms. The number of nitrogens with two attached hydrogens (primary N) is 1. The molecule has 0 saturated carbocycles. The van der Waals surface area contributed by atoms with Gasteiger partial charge < -0.3 is 20.5 Å². The van der Waals surface area contributed by atoms with Gasteiger partial charge in [0.15, 0.2) is 5.65 Å². The largest absolute Gasteiger partial charge is 0.484 e. The Balaban J connectivity index is 1.66. The van der Waals surface area contributed by atoms with Crippen LogP contribution in [0.3, 0.4) is 0 Å². The molecule has 3 heterocycles. The summed E-state index contributed by atoms with van der Waals surface area (Å²) in [4.78, 5) is 23.8. The predicted molar refractivity (Wildman–Crippen MR) is 129 cm³/mol. The van der Waals surface area contributed by atoms with Crippen LogP contribution < -0.4 is 10.5 Å². The van der Waals surface area contributed by atoms with Crippen LogP contribution in [0.4, 0.5) is 0 Å². The fourth-order valence-electron chi connectivity index (χ4n) is 3.57. The van der Waals surface area contributed by atoms with Gasteiger partial charge in [-0.2, -0.15) is 0 Å². The Labute approximate surface area is 200 Å². The summed E-state index contributed by atoms with van der Waals surface area (Å²) in [6, 6.07) is 7.66. The number of rotatable bonds is 8. The average Bonchev–Trinajstić information content (AvgIpc) is 3.36. The lowest BCUT2D eigenvalue weighted by Crippen LogP contribution is -2.13. The normalized spacial score (nSPS) is 12.4. The summed E-state index contributed by atoms with van der Waals surface area (Å²) in [5.41, 5.74) is 9.43. The van der Waals surface area contributed by atoms with Gasteiger partial charge in [0.1, 0.15) is 16.7 Å². The van der Waals surface area contributed by atoms with Crippen molar-refractivity contribution >= 4 is 34.5 Å². The minimum Gasteiger partial charge on any atom is -0.484 e. The first-order valence-corrected chi connectivity index (χ1v) is 11.4. The highest BCUT2D eigenvalue weighted by Crippen LogP contribution is 2.39. The van der Waals surface area contributed by atoms with E-state index < -0.39 is 12.0 Å². The van der Waals surface area contributed by atoms with Gasteiger partial charge in [-0.05, 0) is 32.6 Å². The first-order chi connectivity index (χ1) is 15.8. The van der Waals surface area contributed by atoms with Crippen LogP contribution in [0.2, 0.25) is 5.02 Å². The zero-order chi connectivity index (χ0) is 23.7. The molecular formula is C23H24ClN5O3S. The number of halogens is 1. The Morgan fingerprint density at radius 3 is 2.76 bits per heavy atom. The highest BCUT2D eigenvalue weighted by molar-refractivity contribution is 7.17. The molecule has 1 atom stereocenters. The number of primary amides is 1. The van der Waals surface area contributed by atoms with Gasteiger partial charge in [0.2, 0.25) is 0 Å². The molecular weight excluding hydrogens is 462 g/mol. The molecule has 1 aromatic carbocycles. The third kappa shape index (κ3) is 4.86. The molecule has 0 unspecified atom stereocenters. The van der Waals surface area contributed by atoms with Crippen molar-refractivity contribution in [1.29, 1.82) is 0 Å². The topological polar surface area (TPSA) is 106 Å². The molecule has 0 radical (unpaired) electrons. The Hall–Kier alpha value is -2.98. The zero-order valence-electron chi connectivity index (χ0n) is 18.4. The van der Waals surface area contributed by atoms with Gasteiger partial charge >= 0.3 is 0 Å². The van der Waals surface area contributed by atoms with E-state index in [1.54, 1.807) is 24.7 Å². The third-order valence-corrected chi connectivity index (χ3v) is 6.57. The summed E-state index contributed by atoms with van der Waals surface area (Å²) in [6.45, 7) is 2.47. The molecule has 0 spiro atoms. The lowest BCUT2D eigenvalue weighted by Gasteiger charge is -2.17. The highest BCUT2D eigenvalue weighted by Gasteiger charge is 2.22. The number of nitrogens with zero attached hydrogens (tertiary/aromatic N) is 4. The van der Waals surface area contributed by atoms with Crippen LogP contribution >= 0.6 is 22.9 Å². The maximum absolute atomic E-state index is 12.2. The molecule has 0 bridgehead atoms. The lowest BCUT2D eigenvalue weighted by molar-refractivity contribution is 0.0998. The monoisotopic (exact) mass is 485 g/mol. The summed E-state index contributed by atoms with van der Waals surface area (Å²) in [7, 11) is 4.00. The van der Waals surface area contributed by atoms with E-state index in [9.17, 15) is 9.90 Å². The number of thiophene rings is 1. The van der Waals surface area contributed by atoms with Crippen molar-refractivity contribution < 1.29 is 14.6 Å². The van der Waals surface area contributed by atoms with Crippen molar-refractivity contribution in [3.63, 3.8) is 0 Å². The number of aliphatic hydroxyl groups is 1. The second-order valence-corrected chi connectivity index (χ2v) is 9.39. The minimum atomic E-state index is -0.576. The van der Waals surface area contributed by atoms with E-state index >= 15 is 0 Å². The number of ether oxygens (including phenoxy) is 1. The molecule has 8 nitrogen and oxygen atoms in total. The average molecular weight is 486 g/mol. The highest BCUT2D eigenvalue weighted by atomic mass is 35.5. The fraction of sp³-hybridized carbons (Fsp3) is 0.261. The quantitative estimate of drug-likeness (QED) is 0.392. The van der Waals surface area contributed by atoms with Crippen molar-refractivity contribution in [2.24, 2.45) is 5.73 Å². The molecule has 1 amide bonds. The third-order valence-electron chi connectivity index (χ3n) is 5.09. The number of carbonyl (C=O) groups is 1. The molecule has 0 saturated heterocycles. The van der Waals surface area contributed by atoms with E-state index in [0.29, 0.717) is 27.0 Å². The van der Waals surface area contributed by atoms with Crippen molar-refractivity contribution in [1.82, 2.24) is 19.3 Å². The van der Waals surface area contributed by atoms with Gasteiger partial charge in [0.05, 0.1) is 35.3 Å². The zero-order valence-corrected chi connectivity index (χ0v) is 20.0. The molecule has 3 N–H and O–H groups in total. The van der Waals surface area contributed by atoms with Gasteiger partial charge in [-0.1, -0.05) is 23.7 Å². The summed E-state index contributed by atoms with van der Waals surface area (Å²) in [5.74, 6) is -0.192. The van der Waals surface area contributed by atoms with Gasteiger partial charge in [-0.3, -0.25) is 14.2 Å². The maximum Gasteiger partial charge on any atom is 0.262 e. The van der Waals surface area contributed by atoms with Crippen LogP contribution in [-0.2, 0) is 13.2 Å². The fourth-order valence-corrected chi connectivity index (χ4v) is 4.88. The first kappa shape index (κ1) is 23.2. The van der Waals surface area contributed by atoms with Crippen LogP contribution in [-0.4, -0.2) is 44.4 Å². The van der Waals surface area contributed by atoms with Crippen LogP contribution in [0.15, 0.2) is 42.9 Å². The summed E-state index contributed by atoms with van der Waals surface area (Å²) < 4.78 is 7.97. The van der Waals surface area contributed by atoms with Crippen LogP contribution in [0.25, 0.3) is 16.2 Å². The standard InChI is InChI=1S/C23H24ClN5O3S/c1-13(16-5-4-14(6-17(16)24)10-28(2)3)32-19-7-20(33-22(19)23(25)31)18-8-27-21-9-26-15(12-30)11-29(18)21/h4-9,11,13,30H,10,12H2,1-3H3,(H2,25,31)/t13-/m1/s1. The molecule has 33 heavy (non-hydrogen) atoms. The number of fused-ring (bicyclic) bond motifs is 1. The molecule has 0 aliphatic rings. The Morgan fingerprint density at radius 2 is 2.09 bits per heavy atom. The van der Waals surface area contributed by atoms with E-state index in [0.717, 1.165) is 28.2 Å². The van der Waals surface area contributed by atoms with Crippen molar-refractivity contribution in [2.75, 3.05) is 14.1 Å². The Morgan fingerprint density at radius 1 is 1.30 bits per heavy atom. The second kappa shape index (κ2) is 9.48. The molecule has 3 aromatic heterocycles. The van der Waals surface area contributed by atoms with Crippen LogP contribution in [0, 0.1) is 0 Å². The van der Waals surface area contributed by atoms with E-state index in [4.69, 9.17) is 22.1 Å². The molecule has 0 aliphatic carbocycles. The summed E-state index contributed by atoms with van der Waals surface area (Å²) >= 11 is 7.75. The van der Waals surface area contributed by atoms with E-state index in [-0.39, 0.29) is 6.61 Å². The number of amides is 1. The minimum absolute atomic E-state index is 0.190. The molecule has 0 fully saturated rings. The van der Waals surface area contributed by atoms with E-state index in [1.165, 1.54) is 11.3 Å². The Bertz CT molecular complexity index is 1320. The lowest BCUT2D eigenvalue weighted by atomic mass is 10.1. The molecule has 172 valence electrons. The van der Waals surface area contributed by atoms with E-state index in [1.807, 2.05) is 43.6 Å². The maximum atomic E-state index is 12.2. The van der Waals surface area contributed by atoms with E-state index in [2.05, 4.69) is 14.9 Å². The number of aromatic nitrogens is 3. The SMILES string of the molecule is C[C@@H](Oc1cc(-c2cnc3cnc(CO)cn23)sc1C(N)=O)c1ccc(CN(C)C)cc1Cl. The van der Waals surface area contributed by atoms with Crippen molar-refractivity contribution in [3.05, 3.63) is 69.6 Å². The second-order valence-electron chi connectivity index (χ2n) is 7.93. The smallest absolute Gasteiger partial charge is 0.262 e. The first-order valence-electron chi connectivity index (χ1n) is 10.2. The van der Waals surface area contributed by atoms with Gasteiger partial charge in [0, 0.05) is 29.4 Å². The van der Waals surface area contributed by atoms with Gasteiger partial charge in [-0.25, -0.2) is 4.98 Å². The number of aliphatic hydroxyl groups excluding tert-OH is 1.